The minimum Gasteiger partial charge on any atom is -0.393 e. The molecule has 0 fully saturated rings. The first-order valence-electron chi connectivity index (χ1n) is 2.23. The van der Waals surface area contributed by atoms with E-state index in [4.69, 9.17) is 15.5 Å². The lowest BCUT2D eigenvalue weighted by atomic mass is 10.1. The fourth-order valence-electron chi connectivity index (χ4n) is 0.163. The lowest BCUT2D eigenvalue weighted by Gasteiger charge is -2.13. The van der Waals surface area contributed by atoms with Crippen molar-refractivity contribution in [2.24, 2.45) is 0 Å². The summed E-state index contributed by atoms with van der Waals surface area (Å²) in [6, 6.07) is 0. The SMILES string of the molecule is CC(O)(CO)C(=O)OO. The van der Waals surface area contributed by atoms with Crippen LogP contribution >= 0.6 is 0 Å². The molecule has 54 valence electrons. The van der Waals surface area contributed by atoms with E-state index in [9.17, 15) is 4.79 Å². The lowest BCUT2D eigenvalue weighted by Crippen LogP contribution is -2.39. The highest BCUT2D eigenvalue weighted by molar-refractivity contribution is 5.78. The minimum absolute atomic E-state index is 0.785. The molecule has 5 heteroatoms. The summed E-state index contributed by atoms with van der Waals surface area (Å²) in [4.78, 5) is 13.3. The zero-order valence-electron chi connectivity index (χ0n) is 4.87. The smallest absolute Gasteiger partial charge is 0.375 e. The van der Waals surface area contributed by atoms with Gasteiger partial charge in [-0.15, -0.1) is 0 Å². The zero-order chi connectivity index (χ0) is 7.49. The molecule has 0 aromatic carbocycles. The van der Waals surface area contributed by atoms with Crippen LogP contribution in [0.25, 0.3) is 0 Å². The van der Waals surface area contributed by atoms with Gasteiger partial charge in [0.1, 0.15) is 0 Å². The largest absolute Gasteiger partial charge is 0.393 e. The Morgan fingerprint density at radius 2 is 2.22 bits per heavy atom. The van der Waals surface area contributed by atoms with Crippen LogP contribution in [0.5, 0.6) is 0 Å². The van der Waals surface area contributed by atoms with Gasteiger partial charge in [0.05, 0.1) is 6.61 Å². The van der Waals surface area contributed by atoms with Crippen LogP contribution in [0.3, 0.4) is 0 Å². The molecule has 0 rings (SSSR count). The Labute approximate surface area is 51.4 Å². The van der Waals surface area contributed by atoms with E-state index in [1.165, 1.54) is 0 Å². The lowest BCUT2D eigenvalue weighted by molar-refractivity contribution is -0.252. The molecule has 0 saturated carbocycles. The first-order valence-corrected chi connectivity index (χ1v) is 2.23. The number of aliphatic hydroxyl groups is 2. The van der Waals surface area contributed by atoms with Crippen molar-refractivity contribution in [1.29, 1.82) is 0 Å². The molecule has 9 heavy (non-hydrogen) atoms. The predicted octanol–water partition coefficient (Wildman–Crippen LogP) is -1.25. The normalized spacial score (nSPS) is 16.4. The van der Waals surface area contributed by atoms with Crippen LogP contribution in [0.4, 0.5) is 0 Å². The maximum Gasteiger partial charge on any atom is 0.375 e. The molecule has 0 spiro atoms. The highest BCUT2D eigenvalue weighted by Crippen LogP contribution is 2.02. The maximum atomic E-state index is 10.2. The van der Waals surface area contributed by atoms with Crippen LogP contribution in [0.15, 0.2) is 0 Å². The van der Waals surface area contributed by atoms with E-state index in [1.807, 2.05) is 0 Å². The number of carbonyl (C=O) groups excluding carboxylic acids is 1. The molecule has 0 aliphatic carbocycles. The van der Waals surface area contributed by atoms with Gasteiger partial charge in [-0.05, 0) is 6.92 Å². The van der Waals surface area contributed by atoms with E-state index >= 15 is 0 Å². The van der Waals surface area contributed by atoms with Crippen molar-refractivity contribution in [3.63, 3.8) is 0 Å². The Balaban J connectivity index is 3.97. The summed E-state index contributed by atoms with van der Waals surface area (Å²) >= 11 is 0. The summed E-state index contributed by atoms with van der Waals surface area (Å²) in [6.07, 6.45) is 0. The second-order valence-electron chi connectivity index (χ2n) is 1.81. The Morgan fingerprint density at radius 3 is 2.33 bits per heavy atom. The second kappa shape index (κ2) is 2.77. The molecule has 0 bridgehead atoms. The molecule has 0 aromatic rings. The molecule has 5 nitrogen and oxygen atoms in total. The van der Waals surface area contributed by atoms with Crippen LogP contribution in [0.2, 0.25) is 0 Å². The Morgan fingerprint density at radius 1 is 1.78 bits per heavy atom. The number of carbonyl (C=O) groups is 1. The molecule has 1 atom stereocenters. The van der Waals surface area contributed by atoms with Crippen molar-refractivity contribution >= 4 is 5.97 Å². The van der Waals surface area contributed by atoms with Gasteiger partial charge < -0.3 is 10.2 Å². The molecule has 0 aromatic heterocycles. The summed E-state index contributed by atoms with van der Waals surface area (Å²) in [5.41, 5.74) is -2.01. The Bertz CT molecular complexity index is 108. The molecule has 0 aliphatic heterocycles. The van der Waals surface area contributed by atoms with Crippen molar-refractivity contribution in [1.82, 2.24) is 0 Å². The van der Waals surface area contributed by atoms with E-state index in [0.29, 0.717) is 0 Å². The van der Waals surface area contributed by atoms with Crippen LogP contribution < -0.4 is 0 Å². The topological polar surface area (TPSA) is 87.0 Å². The average molecular weight is 136 g/mol. The minimum atomic E-state index is -2.01. The highest BCUT2D eigenvalue weighted by Gasteiger charge is 2.31. The van der Waals surface area contributed by atoms with Crippen LogP contribution in [0, 0.1) is 0 Å². The number of rotatable bonds is 2. The molecular weight excluding hydrogens is 128 g/mol. The van der Waals surface area contributed by atoms with E-state index in [-0.39, 0.29) is 0 Å². The first-order chi connectivity index (χ1) is 4.04. The van der Waals surface area contributed by atoms with Gasteiger partial charge in [-0.1, -0.05) is 0 Å². The van der Waals surface area contributed by atoms with Gasteiger partial charge in [-0.2, -0.15) is 5.26 Å². The third kappa shape index (κ3) is 1.96. The van der Waals surface area contributed by atoms with Crippen LogP contribution in [-0.2, 0) is 9.68 Å². The van der Waals surface area contributed by atoms with Crippen molar-refractivity contribution in [2.45, 2.75) is 12.5 Å². The van der Waals surface area contributed by atoms with Crippen LogP contribution in [0.1, 0.15) is 6.92 Å². The summed E-state index contributed by atoms with van der Waals surface area (Å²) in [5, 5.41) is 24.6. The van der Waals surface area contributed by atoms with E-state index in [2.05, 4.69) is 4.89 Å². The molecule has 1 unspecified atom stereocenters. The maximum absolute atomic E-state index is 10.2. The number of hydrogen-bond acceptors (Lipinski definition) is 5. The Kier molecular flexibility index (Phi) is 2.57. The molecule has 0 heterocycles. The Hall–Kier alpha value is -0.650. The van der Waals surface area contributed by atoms with Gasteiger partial charge in [0.15, 0.2) is 5.60 Å². The monoisotopic (exact) mass is 136 g/mol. The highest BCUT2D eigenvalue weighted by atomic mass is 17.1. The molecule has 0 aliphatic rings. The fourth-order valence-corrected chi connectivity index (χ4v) is 0.163. The summed E-state index contributed by atoms with van der Waals surface area (Å²) < 4.78 is 0. The molecule has 0 radical (unpaired) electrons. The van der Waals surface area contributed by atoms with Gasteiger partial charge in [0, 0.05) is 0 Å². The number of aliphatic hydroxyl groups excluding tert-OH is 1. The van der Waals surface area contributed by atoms with Gasteiger partial charge >= 0.3 is 5.97 Å². The van der Waals surface area contributed by atoms with Crippen molar-refractivity contribution in [2.75, 3.05) is 6.61 Å². The van der Waals surface area contributed by atoms with Crippen molar-refractivity contribution in [3.8, 4) is 0 Å². The summed E-state index contributed by atoms with van der Waals surface area (Å²) in [6.45, 7) is 0.234. The van der Waals surface area contributed by atoms with Crippen molar-refractivity contribution < 1.29 is 25.2 Å². The van der Waals surface area contributed by atoms with E-state index < -0.39 is 18.2 Å². The molecule has 0 amide bonds. The second-order valence-corrected chi connectivity index (χ2v) is 1.81. The van der Waals surface area contributed by atoms with Gasteiger partial charge in [0.25, 0.3) is 0 Å². The third-order valence-corrected chi connectivity index (χ3v) is 0.831. The third-order valence-electron chi connectivity index (χ3n) is 0.831. The fraction of sp³-hybridized carbons (Fsp3) is 0.750. The summed E-state index contributed by atoms with van der Waals surface area (Å²) in [5.74, 6) is -1.27. The standard InChI is InChI=1S/C4H8O5/c1-4(7,2-5)3(6)9-8/h5,7-8H,2H2,1H3. The summed E-state index contributed by atoms with van der Waals surface area (Å²) in [7, 11) is 0. The zero-order valence-corrected chi connectivity index (χ0v) is 4.87. The van der Waals surface area contributed by atoms with Gasteiger partial charge in [-0.25, -0.2) is 4.79 Å². The molecular formula is C4H8O5. The first kappa shape index (κ1) is 8.35. The van der Waals surface area contributed by atoms with E-state index in [1.54, 1.807) is 0 Å². The van der Waals surface area contributed by atoms with Crippen LogP contribution in [-0.4, -0.2) is 33.6 Å². The van der Waals surface area contributed by atoms with Crippen molar-refractivity contribution in [3.05, 3.63) is 0 Å². The molecule has 0 saturated heterocycles. The van der Waals surface area contributed by atoms with E-state index in [0.717, 1.165) is 6.92 Å². The van der Waals surface area contributed by atoms with Gasteiger partial charge in [-0.3, -0.25) is 4.89 Å². The quantitative estimate of drug-likeness (QED) is 0.326. The predicted molar refractivity (Wildman–Crippen MR) is 26.4 cm³/mol. The number of hydrogen-bond donors (Lipinski definition) is 3. The average Bonchev–Trinajstić information content (AvgIpc) is 1.86. The van der Waals surface area contributed by atoms with Gasteiger partial charge in [0.2, 0.25) is 0 Å². The molecule has 3 N–H and O–H groups in total.